The van der Waals surface area contributed by atoms with Gasteiger partial charge in [-0.25, -0.2) is 0 Å². The Balaban J connectivity index is 1.96. The van der Waals surface area contributed by atoms with E-state index in [0.29, 0.717) is 18.1 Å². The predicted octanol–water partition coefficient (Wildman–Crippen LogP) is 2.72. The molecule has 0 saturated carbocycles. The highest BCUT2D eigenvalue weighted by Gasteiger charge is 2.19. The van der Waals surface area contributed by atoms with Gasteiger partial charge in [-0.1, -0.05) is 6.07 Å². The molecule has 2 aromatic carbocycles. The molecule has 3 rings (SSSR count). The number of methoxy groups -OCH3 is 2. The molecule has 0 bridgehead atoms. The molecule has 1 N–H and O–H groups in total. The lowest BCUT2D eigenvalue weighted by atomic mass is 9.98. The minimum Gasteiger partial charge on any atom is -0.497 e. The Labute approximate surface area is 123 Å². The second kappa shape index (κ2) is 5.66. The minimum atomic E-state index is -0.739. The number of hydrogen-bond acceptors (Lipinski definition) is 4. The van der Waals surface area contributed by atoms with Crippen LogP contribution in [0.2, 0.25) is 0 Å². The third kappa shape index (κ3) is 2.54. The fraction of sp³-hybridized carbons (Fsp3) is 0.294. The lowest BCUT2D eigenvalue weighted by Gasteiger charge is -2.16. The first kappa shape index (κ1) is 13.8. The molecule has 0 spiro atoms. The fourth-order valence-electron chi connectivity index (χ4n) is 2.60. The normalized spacial score (nSPS) is 14.2. The van der Waals surface area contributed by atoms with E-state index in [2.05, 4.69) is 0 Å². The summed E-state index contributed by atoms with van der Waals surface area (Å²) in [5, 5.41) is 10.6. The zero-order valence-corrected chi connectivity index (χ0v) is 12.1. The van der Waals surface area contributed by atoms with Crippen LogP contribution in [0.25, 0.3) is 0 Å². The molecule has 4 nitrogen and oxygen atoms in total. The molecule has 0 radical (unpaired) electrons. The number of benzene rings is 2. The second-order valence-electron chi connectivity index (χ2n) is 4.98. The van der Waals surface area contributed by atoms with Crippen LogP contribution in [0.4, 0.5) is 0 Å². The van der Waals surface area contributed by atoms with Gasteiger partial charge in [-0.15, -0.1) is 0 Å². The summed E-state index contributed by atoms with van der Waals surface area (Å²) >= 11 is 0. The summed E-state index contributed by atoms with van der Waals surface area (Å²) < 4.78 is 16.0. The van der Waals surface area contributed by atoms with Crippen molar-refractivity contribution in [3.8, 4) is 17.2 Å². The Morgan fingerprint density at radius 2 is 1.95 bits per heavy atom. The molecule has 1 aliphatic heterocycles. The fourth-order valence-corrected chi connectivity index (χ4v) is 2.60. The summed E-state index contributed by atoms with van der Waals surface area (Å²) in [6.07, 6.45) is 0.145. The van der Waals surface area contributed by atoms with Gasteiger partial charge >= 0.3 is 0 Å². The number of hydrogen-bond donors (Lipinski definition) is 1. The standard InChI is InChI=1S/C17H18O4/c1-19-13-4-5-14(16(10-13)20-2)17(18)12-3-6-15-11(9-12)7-8-21-15/h3-6,9-10,17-18H,7-8H2,1-2H3. The average Bonchev–Trinajstić information content (AvgIpc) is 3.01. The largest absolute Gasteiger partial charge is 0.497 e. The van der Waals surface area contributed by atoms with Crippen molar-refractivity contribution in [1.29, 1.82) is 0 Å². The summed E-state index contributed by atoms with van der Waals surface area (Å²) in [7, 11) is 3.19. The molecular formula is C17H18O4. The third-order valence-corrected chi connectivity index (χ3v) is 3.76. The van der Waals surface area contributed by atoms with Gasteiger partial charge in [0, 0.05) is 18.1 Å². The number of aliphatic hydroxyl groups is 1. The molecule has 1 heterocycles. The van der Waals surface area contributed by atoms with E-state index in [9.17, 15) is 5.11 Å². The zero-order valence-electron chi connectivity index (χ0n) is 12.1. The van der Waals surface area contributed by atoms with Gasteiger partial charge in [0.25, 0.3) is 0 Å². The van der Waals surface area contributed by atoms with Crippen LogP contribution in [-0.2, 0) is 6.42 Å². The molecule has 4 heteroatoms. The van der Waals surface area contributed by atoms with Gasteiger partial charge in [-0.3, -0.25) is 0 Å². The summed E-state index contributed by atoms with van der Waals surface area (Å²) in [6.45, 7) is 0.709. The topological polar surface area (TPSA) is 47.9 Å². The highest BCUT2D eigenvalue weighted by molar-refractivity contribution is 5.47. The van der Waals surface area contributed by atoms with Crippen molar-refractivity contribution < 1.29 is 19.3 Å². The van der Waals surface area contributed by atoms with Crippen LogP contribution in [0.15, 0.2) is 36.4 Å². The number of fused-ring (bicyclic) bond motifs is 1. The SMILES string of the molecule is COc1ccc(C(O)c2ccc3c(c2)CCO3)c(OC)c1. The van der Waals surface area contributed by atoms with E-state index in [4.69, 9.17) is 14.2 Å². The predicted molar refractivity (Wildman–Crippen MR) is 79.2 cm³/mol. The smallest absolute Gasteiger partial charge is 0.128 e. The second-order valence-corrected chi connectivity index (χ2v) is 4.98. The van der Waals surface area contributed by atoms with Crippen molar-refractivity contribution in [2.24, 2.45) is 0 Å². The molecule has 0 fully saturated rings. The van der Waals surface area contributed by atoms with Crippen LogP contribution in [0, 0.1) is 0 Å². The van der Waals surface area contributed by atoms with Crippen molar-refractivity contribution in [2.45, 2.75) is 12.5 Å². The van der Waals surface area contributed by atoms with Crippen LogP contribution in [0.5, 0.6) is 17.2 Å². The summed E-state index contributed by atoms with van der Waals surface area (Å²) in [4.78, 5) is 0. The summed E-state index contributed by atoms with van der Waals surface area (Å²) in [5.74, 6) is 2.22. The van der Waals surface area contributed by atoms with Crippen LogP contribution >= 0.6 is 0 Å². The maximum Gasteiger partial charge on any atom is 0.128 e. The van der Waals surface area contributed by atoms with Crippen molar-refractivity contribution in [3.05, 3.63) is 53.1 Å². The van der Waals surface area contributed by atoms with E-state index in [1.807, 2.05) is 30.3 Å². The molecule has 1 atom stereocenters. The van der Waals surface area contributed by atoms with E-state index >= 15 is 0 Å². The molecular weight excluding hydrogens is 268 g/mol. The molecule has 0 aromatic heterocycles. The molecule has 2 aromatic rings. The van der Waals surface area contributed by atoms with Crippen LogP contribution in [0.3, 0.4) is 0 Å². The van der Waals surface area contributed by atoms with Crippen LogP contribution in [-0.4, -0.2) is 25.9 Å². The Hall–Kier alpha value is -2.20. The van der Waals surface area contributed by atoms with E-state index in [1.54, 1.807) is 20.3 Å². The first-order chi connectivity index (χ1) is 10.2. The molecule has 0 aliphatic carbocycles. The van der Waals surface area contributed by atoms with Gasteiger partial charge in [0.1, 0.15) is 23.4 Å². The third-order valence-electron chi connectivity index (χ3n) is 3.76. The Bertz CT molecular complexity index is 651. The van der Waals surface area contributed by atoms with Gasteiger partial charge in [0.2, 0.25) is 0 Å². The zero-order chi connectivity index (χ0) is 14.8. The average molecular weight is 286 g/mol. The molecule has 0 amide bonds. The first-order valence-electron chi connectivity index (χ1n) is 6.88. The molecule has 21 heavy (non-hydrogen) atoms. The van der Waals surface area contributed by atoms with Crippen molar-refractivity contribution in [3.63, 3.8) is 0 Å². The summed E-state index contributed by atoms with van der Waals surface area (Å²) in [6, 6.07) is 11.2. The van der Waals surface area contributed by atoms with E-state index in [1.165, 1.54) is 0 Å². The van der Waals surface area contributed by atoms with Crippen LogP contribution in [0.1, 0.15) is 22.8 Å². The maximum absolute atomic E-state index is 10.6. The maximum atomic E-state index is 10.6. The molecule has 1 unspecified atom stereocenters. The highest BCUT2D eigenvalue weighted by atomic mass is 16.5. The van der Waals surface area contributed by atoms with Gasteiger partial charge < -0.3 is 19.3 Å². The van der Waals surface area contributed by atoms with Gasteiger partial charge in [-0.2, -0.15) is 0 Å². The first-order valence-corrected chi connectivity index (χ1v) is 6.88. The van der Waals surface area contributed by atoms with E-state index < -0.39 is 6.10 Å². The lowest BCUT2D eigenvalue weighted by Crippen LogP contribution is -2.03. The molecule has 110 valence electrons. The van der Waals surface area contributed by atoms with Crippen molar-refractivity contribution in [1.82, 2.24) is 0 Å². The van der Waals surface area contributed by atoms with Gasteiger partial charge in [0.15, 0.2) is 0 Å². The number of ether oxygens (including phenoxy) is 3. The summed E-state index contributed by atoms with van der Waals surface area (Å²) in [5.41, 5.74) is 2.69. The van der Waals surface area contributed by atoms with E-state index in [0.717, 1.165) is 28.9 Å². The highest BCUT2D eigenvalue weighted by Crippen LogP contribution is 2.35. The molecule has 1 aliphatic rings. The molecule has 0 saturated heterocycles. The lowest BCUT2D eigenvalue weighted by molar-refractivity contribution is 0.214. The van der Waals surface area contributed by atoms with Crippen molar-refractivity contribution >= 4 is 0 Å². The van der Waals surface area contributed by atoms with E-state index in [-0.39, 0.29) is 0 Å². The number of rotatable bonds is 4. The van der Waals surface area contributed by atoms with Crippen molar-refractivity contribution in [2.75, 3.05) is 20.8 Å². The number of aliphatic hydroxyl groups excluding tert-OH is 1. The van der Waals surface area contributed by atoms with Gasteiger partial charge in [0.05, 0.1) is 20.8 Å². The Morgan fingerprint density at radius 1 is 1.10 bits per heavy atom. The van der Waals surface area contributed by atoms with Crippen LogP contribution < -0.4 is 14.2 Å². The Kier molecular flexibility index (Phi) is 3.71. The van der Waals surface area contributed by atoms with Gasteiger partial charge in [-0.05, 0) is 35.4 Å². The quantitative estimate of drug-likeness (QED) is 0.939. The minimum absolute atomic E-state index is 0.610. The monoisotopic (exact) mass is 286 g/mol. The Morgan fingerprint density at radius 3 is 2.71 bits per heavy atom.